The largest absolute Gasteiger partial charge is 0.352 e. The number of H-pyrrole nitrogens is 1. The number of nitrogens with zero attached hydrogens (tertiary/aromatic N) is 2. The molecule has 1 aliphatic rings. The highest BCUT2D eigenvalue weighted by atomic mass is 16.2. The van der Waals surface area contributed by atoms with Crippen LogP contribution in [0.5, 0.6) is 0 Å². The molecule has 1 aromatic heterocycles. The standard InChI is InChI=1S/C20H19N5O3/c26-18-12-25(20(28)24-18)14-9-7-13(8-10-14)19(27)21-11-3-6-17-22-15-4-1-2-5-16(15)23-17/h1-2,4-5,7-10H,3,6,11-12H2,(H,21,27)(H,22,23)(H,24,26,28). The Balaban J connectivity index is 1.27. The minimum Gasteiger partial charge on any atom is -0.352 e. The number of para-hydroxylation sites is 2. The van der Waals surface area contributed by atoms with Gasteiger partial charge in [-0.1, -0.05) is 12.1 Å². The van der Waals surface area contributed by atoms with Crippen LogP contribution in [0, 0.1) is 0 Å². The van der Waals surface area contributed by atoms with Crippen molar-refractivity contribution in [2.45, 2.75) is 12.8 Å². The summed E-state index contributed by atoms with van der Waals surface area (Å²) in [6.07, 6.45) is 1.51. The van der Waals surface area contributed by atoms with E-state index in [2.05, 4.69) is 20.6 Å². The number of aromatic nitrogens is 2. The Hall–Kier alpha value is -3.68. The van der Waals surface area contributed by atoms with Gasteiger partial charge in [-0.15, -0.1) is 0 Å². The fourth-order valence-electron chi connectivity index (χ4n) is 3.13. The number of benzene rings is 2. The maximum absolute atomic E-state index is 12.3. The number of hydrogen-bond donors (Lipinski definition) is 3. The third-order valence-corrected chi connectivity index (χ3v) is 4.55. The number of carbonyl (C=O) groups is 3. The number of aromatic amines is 1. The van der Waals surface area contributed by atoms with Crippen LogP contribution in [-0.2, 0) is 11.2 Å². The lowest BCUT2D eigenvalue weighted by atomic mass is 10.2. The van der Waals surface area contributed by atoms with Gasteiger partial charge in [-0.2, -0.15) is 0 Å². The molecule has 4 amide bonds. The maximum atomic E-state index is 12.3. The minimum absolute atomic E-state index is 0.00777. The van der Waals surface area contributed by atoms with E-state index in [0.29, 0.717) is 17.8 Å². The second-order valence-corrected chi connectivity index (χ2v) is 6.55. The molecule has 0 radical (unpaired) electrons. The van der Waals surface area contributed by atoms with Crippen molar-refractivity contribution in [1.82, 2.24) is 20.6 Å². The van der Waals surface area contributed by atoms with Crippen molar-refractivity contribution >= 4 is 34.6 Å². The average molecular weight is 377 g/mol. The van der Waals surface area contributed by atoms with Crippen LogP contribution >= 0.6 is 0 Å². The second-order valence-electron chi connectivity index (χ2n) is 6.55. The summed E-state index contributed by atoms with van der Waals surface area (Å²) in [7, 11) is 0. The van der Waals surface area contributed by atoms with Crippen LogP contribution in [0.25, 0.3) is 11.0 Å². The zero-order chi connectivity index (χ0) is 19.5. The number of imidazole rings is 1. The van der Waals surface area contributed by atoms with E-state index in [9.17, 15) is 14.4 Å². The van der Waals surface area contributed by atoms with E-state index < -0.39 is 6.03 Å². The lowest BCUT2D eigenvalue weighted by molar-refractivity contribution is -0.117. The Morgan fingerprint density at radius 2 is 1.89 bits per heavy atom. The third-order valence-electron chi connectivity index (χ3n) is 4.55. The lowest BCUT2D eigenvalue weighted by Crippen LogP contribution is -2.28. The molecule has 142 valence electrons. The summed E-state index contributed by atoms with van der Waals surface area (Å²) >= 11 is 0. The number of anilines is 1. The van der Waals surface area contributed by atoms with Crippen LogP contribution in [0.2, 0.25) is 0 Å². The van der Waals surface area contributed by atoms with Gasteiger partial charge in [0.2, 0.25) is 5.91 Å². The van der Waals surface area contributed by atoms with Gasteiger partial charge in [0.05, 0.1) is 11.0 Å². The number of aryl methyl sites for hydroxylation is 1. The number of amides is 4. The molecule has 3 aromatic rings. The highest BCUT2D eigenvalue weighted by molar-refractivity contribution is 6.12. The number of imide groups is 1. The normalized spacial score (nSPS) is 13.8. The number of nitrogens with one attached hydrogen (secondary N) is 3. The van der Waals surface area contributed by atoms with Gasteiger partial charge in [-0.05, 0) is 42.8 Å². The zero-order valence-corrected chi connectivity index (χ0v) is 15.1. The fraction of sp³-hybridized carbons (Fsp3) is 0.200. The Labute approximate surface area is 160 Å². The first-order chi connectivity index (χ1) is 13.6. The number of carbonyl (C=O) groups excluding carboxylic acids is 3. The first kappa shape index (κ1) is 17.7. The summed E-state index contributed by atoms with van der Waals surface area (Å²) in [5, 5.41) is 5.10. The van der Waals surface area contributed by atoms with Gasteiger partial charge in [0.15, 0.2) is 0 Å². The Morgan fingerprint density at radius 3 is 2.61 bits per heavy atom. The van der Waals surface area contributed by atoms with Crippen LogP contribution in [-0.4, -0.2) is 40.9 Å². The Morgan fingerprint density at radius 1 is 1.11 bits per heavy atom. The summed E-state index contributed by atoms with van der Waals surface area (Å²) in [5.74, 6) is 0.382. The third kappa shape index (κ3) is 3.71. The first-order valence-electron chi connectivity index (χ1n) is 9.03. The fourth-order valence-corrected chi connectivity index (χ4v) is 3.13. The van der Waals surface area contributed by atoms with Crippen molar-refractivity contribution in [3.8, 4) is 0 Å². The molecule has 28 heavy (non-hydrogen) atoms. The molecule has 0 atom stereocenters. The predicted octanol–water partition coefficient (Wildman–Crippen LogP) is 1.98. The van der Waals surface area contributed by atoms with Crippen molar-refractivity contribution in [2.75, 3.05) is 18.0 Å². The molecule has 1 aliphatic heterocycles. The van der Waals surface area contributed by atoms with Crippen molar-refractivity contribution in [3.63, 3.8) is 0 Å². The topological polar surface area (TPSA) is 107 Å². The number of hydrogen-bond acceptors (Lipinski definition) is 4. The van der Waals surface area contributed by atoms with Crippen molar-refractivity contribution < 1.29 is 14.4 Å². The van der Waals surface area contributed by atoms with Crippen LogP contribution < -0.4 is 15.5 Å². The molecule has 8 nitrogen and oxygen atoms in total. The van der Waals surface area contributed by atoms with Crippen molar-refractivity contribution in [3.05, 3.63) is 59.9 Å². The molecule has 0 spiro atoms. The van der Waals surface area contributed by atoms with E-state index in [1.54, 1.807) is 24.3 Å². The lowest BCUT2D eigenvalue weighted by Gasteiger charge is -2.13. The highest BCUT2D eigenvalue weighted by Gasteiger charge is 2.27. The van der Waals surface area contributed by atoms with Crippen LogP contribution in [0.15, 0.2) is 48.5 Å². The molecule has 1 fully saturated rings. The monoisotopic (exact) mass is 377 g/mol. The summed E-state index contributed by atoms with van der Waals surface area (Å²) in [4.78, 5) is 44.3. The molecular formula is C20H19N5O3. The van der Waals surface area contributed by atoms with Gasteiger partial charge in [-0.25, -0.2) is 9.78 Å². The molecule has 2 heterocycles. The van der Waals surface area contributed by atoms with Gasteiger partial charge < -0.3 is 10.3 Å². The van der Waals surface area contributed by atoms with Gasteiger partial charge in [0, 0.05) is 24.2 Å². The smallest absolute Gasteiger partial charge is 0.329 e. The number of urea groups is 1. The highest BCUT2D eigenvalue weighted by Crippen LogP contribution is 2.17. The van der Waals surface area contributed by atoms with Crippen molar-refractivity contribution in [1.29, 1.82) is 0 Å². The maximum Gasteiger partial charge on any atom is 0.329 e. The molecule has 8 heteroatoms. The van der Waals surface area contributed by atoms with E-state index in [0.717, 1.165) is 29.7 Å². The molecule has 3 N–H and O–H groups in total. The number of rotatable bonds is 6. The van der Waals surface area contributed by atoms with E-state index in [4.69, 9.17) is 0 Å². The SMILES string of the molecule is O=C1CN(c2ccc(C(=O)NCCCc3nc4ccccc4[nH]3)cc2)C(=O)N1. The quantitative estimate of drug-likeness (QED) is 0.451. The molecule has 0 saturated carbocycles. The van der Waals surface area contributed by atoms with Crippen LogP contribution in [0.3, 0.4) is 0 Å². The van der Waals surface area contributed by atoms with Crippen LogP contribution in [0.1, 0.15) is 22.6 Å². The molecule has 0 unspecified atom stereocenters. The average Bonchev–Trinajstić information content (AvgIpc) is 3.27. The molecule has 4 rings (SSSR count). The molecule has 0 aliphatic carbocycles. The minimum atomic E-state index is -0.451. The van der Waals surface area contributed by atoms with E-state index >= 15 is 0 Å². The summed E-state index contributed by atoms with van der Waals surface area (Å²) in [5.41, 5.74) is 3.02. The van der Waals surface area contributed by atoms with Gasteiger partial charge in [0.25, 0.3) is 5.91 Å². The first-order valence-corrected chi connectivity index (χ1v) is 9.03. The molecule has 0 bridgehead atoms. The Bertz CT molecular complexity index is 1010. The summed E-state index contributed by atoms with van der Waals surface area (Å²) in [6, 6.07) is 14.0. The number of fused-ring (bicyclic) bond motifs is 1. The van der Waals surface area contributed by atoms with Gasteiger partial charge >= 0.3 is 6.03 Å². The van der Waals surface area contributed by atoms with Gasteiger partial charge in [-0.3, -0.25) is 19.8 Å². The zero-order valence-electron chi connectivity index (χ0n) is 15.1. The van der Waals surface area contributed by atoms with Gasteiger partial charge in [0.1, 0.15) is 12.4 Å². The van der Waals surface area contributed by atoms with E-state index in [1.165, 1.54) is 4.90 Å². The van der Waals surface area contributed by atoms with E-state index in [-0.39, 0.29) is 18.4 Å². The van der Waals surface area contributed by atoms with E-state index in [1.807, 2.05) is 24.3 Å². The Kier molecular flexibility index (Phi) is 4.76. The molecule has 2 aromatic carbocycles. The predicted molar refractivity (Wildman–Crippen MR) is 104 cm³/mol. The van der Waals surface area contributed by atoms with Crippen molar-refractivity contribution in [2.24, 2.45) is 0 Å². The second kappa shape index (κ2) is 7.51. The molecular weight excluding hydrogens is 358 g/mol. The summed E-state index contributed by atoms with van der Waals surface area (Å²) < 4.78 is 0. The molecule has 1 saturated heterocycles. The van der Waals surface area contributed by atoms with Crippen LogP contribution in [0.4, 0.5) is 10.5 Å². The summed E-state index contributed by atoms with van der Waals surface area (Å²) in [6.45, 7) is 0.521.